The lowest BCUT2D eigenvalue weighted by atomic mass is 10.2. The zero-order valence-electron chi connectivity index (χ0n) is 9.84. The van der Waals surface area contributed by atoms with E-state index >= 15 is 0 Å². The Hall–Kier alpha value is -2.42. The molecule has 2 aromatic carbocycles. The summed E-state index contributed by atoms with van der Waals surface area (Å²) >= 11 is 0. The lowest BCUT2D eigenvalue weighted by molar-refractivity contribution is 0.655. The number of fused-ring (bicyclic) bond motifs is 4. The van der Waals surface area contributed by atoms with Crippen LogP contribution in [0.3, 0.4) is 0 Å². The fourth-order valence-corrected chi connectivity index (χ4v) is 2.25. The average Bonchev–Trinajstić information content (AvgIpc) is 2.73. The van der Waals surface area contributed by atoms with Crippen LogP contribution >= 0.6 is 0 Å². The third-order valence-electron chi connectivity index (χ3n) is 3.14. The molecule has 4 rings (SSSR count). The second-order valence-corrected chi connectivity index (χ2v) is 4.47. The summed E-state index contributed by atoms with van der Waals surface area (Å²) in [6.45, 7) is 2.05. The molecule has 2 aromatic heterocycles. The fraction of sp³-hybridized carbons (Fsp3) is 0.0667. The second-order valence-electron chi connectivity index (χ2n) is 4.47. The van der Waals surface area contributed by atoms with Gasteiger partial charge in [0.25, 0.3) is 0 Å². The van der Waals surface area contributed by atoms with Crippen LogP contribution < -0.4 is 0 Å². The fourth-order valence-electron chi connectivity index (χ4n) is 2.25. The summed E-state index contributed by atoms with van der Waals surface area (Å²) in [5.74, 6) is 0. The predicted molar refractivity (Wildman–Crippen MR) is 71.6 cm³/mol. The van der Waals surface area contributed by atoms with Gasteiger partial charge in [0.1, 0.15) is 11.1 Å². The van der Waals surface area contributed by atoms with Gasteiger partial charge in [0, 0.05) is 5.39 Å². The first kappa shape index (κ1) is 9.59. The second kappa shape index (κ2) is 3.29. The van der Waals surface area contributed by atoms with Crippen LogP contribution in [0.25, 0.3) is 33.2 Å². The van der Waals surface area contributed by atoms with Gasteiger partial charge in [-0.1, -0.05) is 18.2 Å². The van der Waals surface area contributed by atoms with Gasteiger partial charge < -0.3 is 4.42 Å². The maximum absolute atomic E-state index is 5.73. The van der Waals surface area contributed by atoms with E-state index in [2.05, 4.69) is 9.97 Å². The zero-order valence-corrected chi connectivity index (χ0v) is 9.84. The first-order valence-corrected chi connectivity index (χ1v) is 5.87. The molecule has 0 atom stereocenters. The van der Waals surface area contributed by atoms with Crippen molar-refractivity contribution in [3.05, 3.63) is 48.0 Å². The molecule has 2 heterocycles. The lowest BCUT2D eigenvalue weighted by Crippen LogP contribution is -1.85. The molecule has 0 unspecified atom stereocenters. The minimum absolute atomic E-state index is 0.606. The first-order valence-electron chi connectivity index (χ1n) is 5.87. The highest BCUT2D eigenvalue weighted by molar-refractivity contribution is 6.03. The number of aryl methyl sites for hydroxylation is 1. The molecule has 0 spiro atoms. The number of nitrogens with zero attached hydrogens (tertiary/aromatic N) is 2. The van der Waals surface area contributed by atoms with E-state index in [-0.39, 0.29) is 0 Å². The summed E-state index contributed by atoms with van der Waals surface area (Å²) in [4.78, 5) is 9.20. The molecule has 3 nitrogen and oxygen atoms in total. The minimum atomic E-state index is 0.606. The van der Waals surface area contributed by atoms with Crippen molar-refractivity contribution in [3.63, 3.8) is 0 Å². The van der Waals surface area contributed by atoms with E-state index in [0.717, 1.165) is 27.5 Å². The third kappa shape index (κ3) is 1.24. The summed E-state index contributed by atoms with van der Waals surface area (Å²) in [6, 6.07) is 14.0. The molecule has 0 bridgehead atoms. The van der Waals surface area contributed by atoms with Gasteiger partial charge >= 0.3 is 0 Å². The first-order chi connectivity index (χ1) is 8.81. The highest BCUT2D eigenvalue weighted by atomic mass is 16.3. The molecule has 0 saturated carbocycles. The molecular weight excluding hydrogens is 224 g/mol. The molecule has 4 aromatic rings. The van der Waals surface area contributed by atoms with Gasteiger partial charge in [-0.15, -0.1) is 0 Å². The molecule has 0 aliphatic carbocycles. The minimum Gasteiger partial charge on any atom is -0.436 e. The van der Waals surface area contributed by atoms with E-state index in [4.69, 9.17) is 4.42 Å². The Morgan fingerprint density at radius 1 is 0.944 bits per heavy atom. The van der Waals surface area contributed by atoms with Gasteiger partial charge in [0.2, 0.25) is 5.71 Å². The normalized spacial score (nSPS) is 11.6. The van der Waals surface area contributed by atoms with Crippen molar-refractivity contribution in [2.24, 2.45) is 0 Å². The number of hydrogen-bond donors (Lipinski definition) is 0. The van der Waals surface area contributed by atoms with Crippen molar-refractivity contribution in [1.82, 2.24) is 9.97 Å². The highest BCUT2D eigenvalue weighted by Gasteiger charge is 2.10. The van der Waals surface area contributed by atoms with Crippen molar-refractivity contribution in [2.45, 2.75) is 6.92 Å². The van der Waals surface area contributed by atoms with Crippen LogP contribution in [-0.2, 0) is 0 Å². The lowest BCUT2D eigenvalue weighted by Gasteiger charge is -1.97. The Kier molecular flexibility index (Phi) is 1.75. The molecule has 0 fully saturated rings. The van der Waals surface area contributed by atoms with Crippen LogP contribution in [0.5, 0.6) is 0 Å². The van der Waals surface area contributed by atoms with E-state index in [1.54, 1.807) is 0 Å². The Morgan fingerprint density at radius 3 is 2.78 bits per heavy atom. The molecule has 86 valence electrons. The molecular formula is C15H10N2O. The van der Waals surface area contributed by atoms with Gasteiger partial charge in [0.05, 0.1) is 11.0 Å². The number of benzene rings is 2. The maximum atomic E-state index is 5.73. The summed E-state index contributed by atoms with van der Waals surface area (Å²) in [5, 5.41) is 1.02. The Bertz CT molecular complexity index is 893. The number of rotatable bonds is 0. The Morgan fingerprint density at radius 2 is 1.83 bits per heavy atom. The zero-order chi connectivity index (χ0) is 12.1. The van der Waals surface area contributed by atoms with Crippen LogP contribution in [0.2, 0.25) is 0 Å². The van der Waals surface area contributed by atoms with E-state index in [9.17, 15) is 0 Å². The highest BCUT2D eigenvalue weighted by Crippen LogP contribution is 2.27. The number of hydrogen-bond acceptors (Lipinski definition) is 3. The predicted octanol–water partition coefficient (Wildman–Crippen LogP) is 3.84. The standard InChI is InChI=1S/C15H10N2O/c1-9-6-7-11-12(8-9)17-15-14(16-11)10-4-2-3-5-13(10)18-15/h2-8H,1H3. The van der Waals surface area contributed by atoms with E-state index in [1.165, 1.54) is 5.56 Å². The van der Waals surface area contributed by atoms with Gasteiger partial charge in [-0.25, -0.2) is 9.97 Å². The van der Waals surface area contributed by atoms with Crippen molar-refractivity contribution in [1.29, 1.82) is 0 Å². The Balaban J connectivity index is 2.23. The van der Waals surface area contributed by atoms with Gasteiger partial charge in [-0.05, 0) is 36.8 Å². The number of aromatic nitrogens is 2. The molecule has 0 saturated heterocycles. The summed E-state index contributed by atoms with van der Waals surface area (Å²) in [5.41, 5.74) is 5.23. The van der Waals surface area contributed by atoms with Gasteiger partial charge in [-0.3, -0.25) is 0 Å². The van der Waals surface area contributed by atoms with Crippen LogP contribution in [0.1, 0.15) is 5.56 Å². The largest absolute Gasteiger partial charge is 0.436 e. The summed E-state index contributed by atoms with van der Waals surface area (Å²) in [7, 11) is 0. The van der Waals surface area contributed by atoms with E-state index < -0.39 is 0 Å². The van der Waals surface area contributed by atoms with Crippen molar-refractivity contribution < 1.29 is 4.42 Å². The molecule has 3 heteroatoms. The third-order valence-corrected chi connectivity index (χ3v) is 3.14. The van der Waals surface area contributed by atoms with E-state index in [0.29, 0.717) is 5.71 Å². The van der Waals surface area contributed by atoms with Crippen molar-refractivity contribution in [2.75, 3.05) is 0 Å². The van der Waals surface area contributed by atoms with Crippen LogP contribution in [0, 0.1) is 6.92 Å². The van der Waals surface area contributed by atoms with Crippen LogP contribution in [0.15, 0.2) is 46.9 Å². The monoisotopic (exact) mass is 234 g/mol. The average molecular weight is 234 g/mol. The SMILES string of the molecule is Cc1ccc2nc3c(nc2c1)oc1ccccc13. The quantitative estimate of drug-likeness (QED) is 0.464. The molecule has 0 amide bonds. The molecule has 0 radical (unpaired) electrons. The molecule has 18 heavy (non-hydrogen) atoms. The number of para-hydroxylation sites is 1. The Labute approximate surface area is 103 Å². The van der Waals surface area contributed by atoms with Gasteiger partial charge in [-0.2, -0.15) is 0 Å². The smallest absolute Gasteiger partial charge is 0.246 e. The summed E-state index contributed by atoms with van der Waals surface area (Å²) in [6.07, 6.45) is 0. The maximum Gasteiger partial charge on any atom is 0.246 e. The van der Waals surface area contributed by atoms with Gasteiger partial charge in [0.15, 0.2) is 0 Å². The molecule has 0 N–H and O–H groups in total. The number of furan rings is 1. The van der Waals surface area contributed by atoms with Crippen molar-refractivity contribution >= 4 is 33.2 Å². The van der Waals surface area contributed by atoms with E-state index in [1.807, 2.05) is 49.4 Å². The van der Waals surface area contributed by atoms with Crippen LogP contribution in [-0.4, -0.2) is 9.97 Å². The molecule has 0 aliphatic rings. The summed E-state index contributed by atoms with van der Waals surface area (Å²) < 4.78 is 5.73. The van der Waals surface area contributed by atoms with Crippen molar-refractivity contribution in [3.8, 4) is 0 Å². The topological polar surface area (TPSA) is 38.9 Å². The molecule has 0 aliphatic heterocycles. The van der Waals surface area contributed by atoms with Crippen LogP contribution in [0.4, 0.5) is 0 Å².